The molecule has 0 unspecified atom stereocenters. The van der Waals surface area contributed by atoms with Crippen LogP contribution in [0, 0.1) is 5.92 Å². The lowest BCUT2D eigenvalue weighted by molar-refractivity contribution is -0.0335. The molecule has 50 valence electrons. The Hall–Kier alpha value is -0.140. The van der Waals surface area contributed by atoms with Gasteiger partial charge in [-0.15, -0.1) is 0 Å². The van der Waals surface area contributed by atoms with Crippen LogP contribution in [0.15, 0.2) is 0 Å². The summed E-state index contributed by atoms with van der Waals surface area (Å²) in [6.45, 7) is 4.28. The highest BCUT2D eigenvalue weighted by molar-refractivity contribution is 4.64. The zero-order chi connectivity index (χ0) is 6.78. The summed E-state index contributed by atoms with van der Waals surface area (Å²) in [4.78, 5) is 0. The van der Waals surface area contributed by atoms with E-state index in [4.69, 9.17) is 0 Å². The topological polar surface area (TPSA) is 0 Å². The van der Waals surface area contributed by atoms with Gasteiger partial charge in [0.25, 0.3) is 0 Å². The van der Waals surface area contributed by atoms with Crippen molar-refractivity contribution in [3.05, 3.63) is 0 Å². The second kappa shape index (κ2) is 2.42. The zero-order valence-electron chi connectivity index (χ0n) is 5.54. The van der Waals surface area contributed by atoms with Gasteiger partial charge < -0.3 is 0 Å². The van der Waals surface area contributed by atoms with Crippen LogP contribution < -0.4 is 0 Å². The molecule has 0 aromatic carbocycles. The molecule has 8 heavy (non-hydrogen) atoms. The van der Waals surface area contributed by atoms with Crippen LogP contribution in [0.25, 0.3) is 0 Å². The molecule has 0 saturated carbocycles. The molecule has 2 heteroatoms. The van der Waals surface area contributed by atoms with E-state index in [1.807, 2.05) is 0 Å². The standard InChI is InChI=1S/C6H12F2/c1-4-5(2)6(3,7)8/h5H,4H2,1-3H3/t5-/m1/s1. The molecule has 0 heterocycles. The quantitative estimate of drug-likeness (QED) is 0.528. The van der Waals surface area contributed by atoms with Crippen LogP contribution in [-0.4, -0.2) is 5.92 Å². The minimum atomic E-state index is -2.49. The van der Waals surface area contributed by atoms with Gasteiger partial charge in [0.1, 0.15) is 0 Å². The van der Waals surface area contributed by atoms with Crippen molar-refractivity contribution in [3.63, 3.8) is 0 Å². The molecule has 0 aromatic rings. The van der Waals surface area contributed by atoms with Crippen LogP contribution in [-0.2, 0) is 0 Å². The minimum absolute atomic E-state index is 0.484. The van der Waals surface area contributed by atoms with E-state index < -0.39 is 11.8 Å². The molecule has 0 nitrogen and oxygen atoms in total. The lowest BCUT2D eigenvalue weighted by Crippen LogP contribution is -2.20. The van der Waals surface area contributed by atoms with Crippen LogP contribution in [0.5, 0.6) is 0 Å². The van der Waals surface area contributed by atoms with Crippen molar-refractivity contribution in [3.8, 4) is 0 Å². The van der Waals surface area contributed by atoms with E-state index in [0.717, 1.165) is 6.92 Å². The van der Waals surface area contributed by atoms with Crippen LogP contribution in [0.2, 0.25) is 0 Å². The highest BCUT2D eigenvalue weighted by Gasteiger charge is 2.27. The fraction of sp³-hybridized carbons (Fsp3) is 1.00. The Morgan fingerprint density at radius 1 is 1.50 bits per heavy atom. The van der Waals surface area contributed by atoms with Crippen LogP contribution >= 0.6 is 0 Å². The molecule has 0 rings (SSSR count). The summed E-state index contributed by atoms with van der Waals surface area (Å²) in [6.07, 6.45) is 0.545. The summed E-state index contributed by atoms with van der Waals surface area (Å²) >= 11 is 0. The Balaban J connectivity index is 3.62. The fourth-order valence-corrected chi connectivity index (χ4v) is 0.358. The summed E-state index contributed by atoms with van der Waals surface area (Å²) < 4.78 is 24.2. The predicted molar refractivity (Wildman–Crippen MR) is 30.1 cm³/mol. The molecule has 0 radical (unpaired) electrons. The molecule has 0 bridgehead atoms. The van der Waals surface area contributed by atoms with Gasteiger partial charge in [0.2, 0.25) is 5.92 Å². The fourth-order valence-electron chi connectivity index (χ4n) is 0.358. The minimum Gasteiger partial charge on any atom is -0.207 e. The Morgan fingerprint density at radius 2 is 1.88 bits per heavy atom. The average molecular weight is 122 g/mol. The van der Waals surface area contributed by atoms with Gasteiger partial charge in [-0.1, -0.05) is 13.8 Å². The van der Waals surface area contributed by atoms with Gasteiger partial charge in [0, 0.05) is 5.92 Å². The normalized spacial score (nSPS) is 16.1. The van der Waals surface area contributed by atoms with Gasteiger partial charge >= 0.3 is 0 Å². The van der Waals surface area contributed by atoms with Crippen molar-refractivity contribution in [2.75, 3.05) is 0 Å². The number of hydrogen-bond acceptors (Lipinski definition) is 0. The monoisotopic (exact) mass is 122 g/mol. The first-order valence-corrected chi connectivity index (χ1v) is 2.86. The molecular weight excluding hydrogens is 110 g/mol. The van der Waals surface area contributed by atoms with E-state index >= 15 is 0 Å². The van der Waals surface area contributed by atoms with E-state index in [2.05, 4.69) is 0 Å². The first kappa shape index (κ1) is 7.86. The molecular formula is C6H12F2. The predicted octanol–water partition coefficient (Wildman–Crippen LogP) is 2.69. The van der Waals surface area contributed by atoms with E-state index in [1.54, 1.807) is 13.8 Å². The van der Waals surface area contributed by atoms with Gasteiger partial charge in [-0.05, 0) is 13.3 Å². The van der Waals surface area contributed by atoms with Crippen molar-refractivity contribution in [1.29, 1.82) is 0 Å². The first-order valence-electron chi connectivity index (χ1n) is 2.86. The summed E-state index contributed by atoms with van der Waals surface area (Å²) in [5, 5.41) is 0. The van der Waals surface area contributed by atoms with Crippen molar-refractivity contribution in [2.45, 2.75) is 33.1 Å². The maximum Gasteiger partial charge on any atom is 0.247 e. The molecule has 0 amide bonds. The van der Waals surface area contributed by atoms with Crippen molar-refractivity contribution >= 4 is 0 Å². The Bertz CT molecular complexity index is 63.4. The average Bonchev–Trinajstić information content (AvgIpc) is 1.62. The second-order valence-electron chi connectivity index (χ2n) is 2.27. The smallest absolute Gasteiger partial charge is 0.207 e. The van der Waals surface area contributed by atoms with E-state index in [0.29, 0.717) is 6.42 Å². The Morgan fingerprint density at radius 3 is 1.88 bits per heavy atom. The molecule has 0 aromatic heterocycles. The number of halogens is 2. The number of alkyl halides is 2. The molecule has 1 atom stereocenters. The van der Waals surface area contributed by atoms with Gasteiger partial charge in [0.05, 0.1) is 0 Å². The van der Waals surface area contributed by atoms with Crippen molar-refractivity contribution in [2.24, 2.45) is 5.92 Å². The van der Waals surface area contributed by atoms with Crippen molar-refractivity contribution < 1.29 is 8.78 Å². The summed E-state index contributed by atoms with van der Waals surface area (Å²) in [6, 6.07) is 0. The van der Waals surface area contributed by atoms with Crippen LogP contribution in [0.1, 0.15) is 27.2 Å². The highest BCUT2D eigenvalue weighted by atomic mass is 19.3. The lowest BCUT2D eigenvalue weighted by atomic mass is 10.0. The molecule has 0 aliphatic rings. The third-order valence-electron chi connectivity index (χ3n) is 1.48. The van der Waals surface area contributed by atoms with Gasteiger partial charge in [-0.3, -0.25) is 0 Å². The van der Waals surface area contributed by atoms with E-state index in [9.17, 15) is 8.78 Å². The first-order chi connectivity index (χ1) is 3.48. The van der Waals surface area contributed by atoms with Gasteiger partial charge in [0.15, 0.2) is 0 Å². The van der Waals surface area contributed by atoms with Crippen molar-refractivity contribution in [1.82, 2.24) is 0 Å². The molecule has 0 saturated heterocycles. The summed E-state index contributed by atoms with van der Waals surface area (Å²) in [5.74, 6) is -2.98. The molecule has 0 aliphatic carbocycles. The zero-order valence-corrected chi connectivity index (χ0v) is 5.54. The largest absolute Gasteiger partial charge is 0.247 e. The summed E-state index contributed by atoms with van der Waals surface area (Å²) in [5.41, 5.74) is 0. The van der Waals surface area contributed by atoms with E-state index in [1.165, 1.54) is 0 Å². The SMILES string of the molecule is CC[C@@H](C)C(C)(F)F. The van der Waals surface area contributed by atoms with Crippen LogP contribution in [0.3, 0.4) is 0 Å². The third kappa shape index (κ3) is 2.24. The van der Waals surface area contributed by atoms with Crippen LogP contribution in [0.4, 0.5) is 8.78 Å². The number of hydrogen-bond donors (Lipinski definition) is 0. The highest BCUT2D eigenvalue weighted by Crippen LogP contribution is 2.25. The van der Waals surface area contributed by atoms with Gasteiger partial charge in [-0.2, -0.15) is 0 Å². The molecule has 0 fully saturated rings. The van der Waals surface area contributed by atoms with Gasteiger partial charge in [-0.25, -0.2) is 8.78 Å². The molecule has 0 N–H and O–H groups in total. The Labute approximate surface area is 48.9 Å². The molecule has 0 spiro atoms. The van der Waals surface area contributed by atoms with E-state index in [-0.39, 0.29) is 0 Å². The Kier molecular flexibility index (Phi) is 2.38. The number of rotatable bonds is 2. The maximum atomic E-state index is 12.1. The maximum absolute atomic E-state index is 12.1. The third-order valence-corrected chi connectivity index (χ3v) is 1.48. The molecule has 0 aliphatic heterocycles. The second-order valence-corrected chi connectivity index (χ2v) is 2.27. The summed E-state index contributed by atoms with van der Waals surface area (Å²) in [7, 11) is 0. The lowest BCUT2D eigenvalue weighted by Gasteiger charge is -2.16.